The number of pyridine rings is 2. The number of aromatic nitrogens is 2. The van der Waals surface area contributed by atoms with Crippen molar-refractivity contribution in [3.63, 3.8) is 0 Å². The van der Waals surface area contributed by atoms with Crippen LogP contribution in [0.3, 0.4) is 0 Å². The lowest BCUT2D eigenvalue weighted by Gasteiger charge is -2.29. The summed E-state index contributed by atoms with van der Waals surface area (Å²) in [6.45, 7) is 8.64. The van der Waals surface area contributed by atoms with Gasteiger partial charge in [0.25, 0.3) is 5.91 Å². The van der Waals surface area contributed by atoms with Gasteiger partial charge in [-0.3, -0.25) is 14.6 Å². The maximum absolute atomic E-state index is 14.4. The van der Waals surface area contributed by atoms with Crippen molar-refractivity contribution in [3.8, 4) is 0 Å². The van der Waals surface area contributed by atoms with Crippen molar-refractivity contribution in [2.75, 3.05) is 47.3 Å². The summed E-state index contributed by atoms with van der Waals surface area (Å²) in [6, 6.07) is 10.2. The average Bonchev–Trinajstić information content (AvgIpc) is 2.90. The predicted octanol–water partition coefficient (Wildman–Crippen LogP) is 5.93. The average molecular weight is 507 g/mol. The van der Waals surface area contributed by atoms with Gasteiger partial charge in [0.2, 0.25) is 0 Å². The van der Waals surface area contributed by atoms with Crippen molar-refractivity contribution in [1.29, 1.82) is 0 Å². The van der Waals surface area contributed by atoms with Gasteiger partial charge in [-0.05, 0) is 68.5 Å². The third kappa shape index (κ3) is 6.74. The van der Waals surface area contributed by atoms with Gasteiger partial charge in [-0.2, -0.15) is 5.06 Å². The van der Waals surface area contributed by atoms with E-state index in [0.717, 1.165) is 44.0 Å². The van der Waals surface area contributed by atoms with Crippen molar-refractivity contribution >= 4 is 34.5 Å². The van der Waals surface area contributed by atoms with E-state index in [0.29, 0.717) is 34.2 Å². The number of benzene rings is 1. The Hall–Kier alpha value is -3.72. The Kier molecular flexibility index (Phi) is 8.55. The van der Waals surface area contributed by atoms with Crippen molar-refractivity contribution in [2.24, 2.45) is 5.92 Å². The second-order valence-electron chi connectivity index (χ2n) is 9.69. The van der Waals surface area contributed by atoms with Gasteiger partial charge in [0.05, 0.1) is 42.1 Å². The fraction of sp³-hybridized carbons (Fsp3) is 0.393. The Bertz CT molecular complexity index is 1210. The molecule has 1 saturated heterocycles. The lowest BCUT2D eigenvalue weighted by atomic mass is 10.1. The summed E-state index contributed by atoms with van der Waals surface area (Å²) in [5, 5.41) is 7.65. The van der Waals surface area contributed by atoms with Crippen LogP contribution in [0, 0.1) is 18.7 Å². The standard InChI is InChI=1S/C28H35FN6O2/c1-19(2)16-31-27-9-8-24(18-32-27)35(37-4)28(36)26-15-23(17-30-20(26)3)33-22-12-21(29)13-25(14-22)34-10-6-5-7-11-34/h8-9,12-15,17-19,33H,5-7,10-11,16H2,1-4H3,(H,31,32). The van der Waals surface area contributed by atoms with Crippen LogP contribution in [0.4, 0.5) is 33.0 Å². The molecular formula is C28H35FN6O2. The minimum atomic E-state index is -0.380. The molecule has 0 saturated carbocycles. The van der Waals surface area contributed by atoms with E-state index < -0.39 is 0 Å². The highest BCUT2D eigenvalue weighted by Crippen LogP contribution is 2.28. The number of carbonyl (C=O) groups is 1. The molecule has 4 rings (SSSR count). The number of amides is 1. The first-order chi connectivity index (χ1) is 17.8. The predicted molar refractivity (Wildman–Crippen MR) is 146 cm³/mol. The Morgan fingerprint density at radius 2 is 1.86 bits per heavy atom. The minimum Gasteiger partial charge on any atom is -0.371 e. The first-order valence-corrected chi connectivity index (χ1v) is 12.7. The van der Waals surface area contributed by atoms with Gasteiger partial charge in [0, 0.05) is 31.0 Å². The summed E-state index contributed by atoms with van der Waals surface area (Å²) in [5.41, 5.74) is 3.43. The Balaban J connectivity index is 1.53. The van der Waals surface area contributed by atoms with Crippen molar-refractivity contribution in [2.45, 2.75) is 40.0 Å². The van der Waals surface area contributed by atoms with Crippen LogP contribution >= 0.6 is 0 Å². The molecule has 0 unspecified atom stereocenters. The van der Waals surface area contributed by atoms with Gasteiger partial charge in [-0.25, -0.2) is 9.37 Å². The maximum Gasteiger partial charge on any atom is 0.284 e. The lowest BCUT2D eigenvalue weighted by Crippen LogP contribution is -2.30. The first kappa shape index (κ1) is 26.3. The molecule has 1 aliphatic heterocycles. The van der Waals surface area contributed by atoms with Crippen LogP contribution in [-0.2, 0) is 4.84 Å². The molecule has 0 spiro atoms. The van der Waals surface area contributed by atoms with Gasteiger partial charge < -0.3 is 15.5 Å². The molecule has 1 aromatic carbocycles. The van der Waals surface area contributed by atoms with Gasteiger partial charge >= 0.3 is 0 Å². The van der Waals surface area contributed by atoms with E-state index >= 15 is 0 Å². The third-order valence-corrected chi connectivity index (χ3v) is 6.25. The zero-order chi connectivity index (χ0) is 26.4. The molecule has 1 fully saturated rings. The second-order valence-corrected chi connectivity index (χ2v) is 9.69. The van der Waals surface area contributed by atoms with E-state index in [-0.39, 0.29) is 11.7 Å². The minimum absolute atomic E-state index is 0.314. The van der Waals surface area contributed by atoms with Crippen LogP contribution in [0.2, 0.25) is 0 Å². The molecule has 1 aliphatic rings. The molecule has 0 radical (unpaired) electrons. The van der Waals surface area contributed by atoms with Crippen LogP contribution in [0.5, 0.6) is 0 Å². The number of halogens is 1. The largest absolute Gasteiger partial charge is 0.371 e. The van der Waals surface area contributed by atoms with E-state index in [1.807, 2.05) is 12.1 Å². The topological polar surface area (TPSA) is 82.6 Å². The molecule has 196 valence electrons. The number of nitrogens with one attached hydrogen (secondary N) is 2. The second kappa shape index (κ2) is 12.0. The number of aryl methyl sites for hydroxylation is 1. The zero-order valence-corrected chi connectivity index (χ0v) is 21.9. The summed E-state index contributed by atoms with van der Waals surface area (Å²) in [7, 11) is 1.43. The number of nitrogens with zero attached hydrogens (tertiary/aromatic N) is 4. The number of rotatable bonds is 9. The molecule has 0 aliphatic carbocycles. The summed E-state index contributed by atoms with van der Waals surface area (Å²) >= 11 is 0. The fourth-order valence-corrected chi connectivity index (χ4v) is 4.30. The molecule has 3 heterocycles. The molecule has 1 amide bonds. The van der Waals surface area contributed by atoms with E-state index in [2.05, 4.69) is 39.3 Å². The summed E-state index contributed by atoms with van der Waals surface area (Å²) < 4.78 is 14.4. The molecule has 37 heavy (non-hydrogen) atoms. The quantitative estimate of drug-likeness (QED) is 0.348. The van der Waals surface area contributed by atoms with E-state index in [4.69, 9.17) is 4.84 Å². The molecule has 0 atom stereocenters. The van der Waals surface area contributed by atoms with Crippen molar-refractivity contribution < 1.29 is 14.0 Å². The summed E-state index contributed by atoms with van der Waals surface area (Å²) in [4.78, 5) is 29.9. The van der Waals surface area contributed by atoms with Gasteiger partial charge in [-0.15, -0.1) is 0 Å². The van der Waals surface area contributed by atoms with Crippen LogP contribution < -0.4 is 20.6 Å². The number of piperidine rings is 1. The maximum atomic E-state index is 14.4. The van der Waals surface area contributed by atoms with E-state index in [1.54, 1.807) is 37.5 Å². The summed E-state index contributed by atoms with van der Waals surface area (Å²) in [6.07, 6.45) is 6.64. The van der Waals surface area contributed by atoms with Gasteiger partial charge in [0.15, 0.2) is 0 Å². The van der Waals surface area contributed by atoms with Crippen LogP contribution in [0.15, 0.2) is 48.8 Å². The molecule has 8 nitrogen and oxygen atoms in total. The monoisotopic (exact) mass is 506 g/mol. The number of carbonyl (C=O) groups excluding carboxylic acids is 1. The Labute approximate surface area is 217 Å². The lowest BCUT2D eigenvalue weighted by molar-refractivity contribution is 0.0772. The Morgan fingerprint density at radius 1 is 1.08 bits per heavy atom. The third-order valence-electron chi connectivity index (χ3n) is 6.25. The molecular weight excluding hydrogens is 471 g/mol. The van der Waals surface area contributed by atoms with E-state index in [9.17, 15) is 9.18 Å². The van der Waals surface area contributed by atoms with Gasteiger partial charge in [-0.1, -0.05) is 13.8 Å². The normalized spacial score (nSPS) is 13.5. The fourth-order valence-electron chi connectivity index (χ4n) is 4.30. The molecule has 2 aromatic heterocycles. The van der Waals surface area contributed by atoms with Gasteiger partial charge in [0.1, 0.15) is 11.6 Å². The Morgan fingerprint density at radius 3 is 2.54 bits per heavy atom. The van der Waals surface area contributed by atoms with Crippen molar-refractivity contribution in [3.05, 3.63) is 65.9 Å². The molecule has 2 N–H and O–H groups in total. The molecule has 0 bridgehead atoms. The van der Waals surface area contributed by atoms with E-state index in [1.165, 1.54) is 24.7 Å². The number of anilines is 5. The van der Waals surface area contributed by atoms with Crippen LogP contribution in [-0.4, -0.2) is 42.6 Å². The molecule has 9 heteroatoms. The van der Waals surface area contributed by atoms with Crippen LogP contribution in [0.1, 0.15) is 49.2 Å². The number of hydrogen-bond donors (Lipinski definition) is 2. The highest BCUT2D eigenvalue weighted by atomic mass is 19.1. The number of hydrogen-bond acceptors (Lipinski definition) is 7. The zero-order valence-electron chi connectivity index (χ0n) is 21.9. The smallest absolute Gasteiger partial charge is 0.284 e. The first-order valence-electron chi connectivity index (χ1n) is 12.7. The number of hydroxylamine groups is 1. The summed E-state index contributed by atoms with van der Waals surface area (Å²) in [5.74, 6) is 0.517. The van der Waals surface area contributed by atoms with Crippen LogP contribution in [0.25, 0.3) is 0 Å². The van der Waals surface area contributed by atoms with Crippen molar-refractivity contribution in [1.82, 2.24) is 9.97 Å². The SMILES string of the molecule is CON(C(=O)c1cc(Nc2cc(F)cc(N3CCCCC3)c2)cnc1C)c1ccc(NCC(C)C)nc1. The highest BCUT2D eigenvalue weighted by Gasteiger charge is 2.22. The molecule has 3 aromatic rings. The highest BCUT2D eigenvalue weighted by molar-refractivity contribution is 6.06.